The van der Waals surface area contributed by atoms with Crippen LogP contribution in [0.2, 0.25) is 0 Å². The first-order chi connectivity index (χ1) is 11.9. The molecular formula is C16H23N7OS. The zero-order valence-corrected chi connectivity index (χ0v) is 15.7. The van der Waals surface area contributed by atoms with Crippen LogP contribution in [0.3, 0.4) is 0 Å². The molecule has 134 valence electrons. The number of oxime groups is 1. The molecule has 0 radical (unpaired) electrons. The van der Waals surface area contributed by atoms with Crippen molar-refractivity contribution >= 4 is 28.6 Å². The summed E-state index contributed by atoms with van der Waals surface area (Å²) >= 11 is 1.87. The van der Waals surface area contributed by atoms with Crippen molar-refractivity contribution in [2.75, 3.05) is 12.3 Å². The van der Waals surface area contributed by atoms with Gasteiger partial charge in [-0.2, -0.15) is 0 Å². The Bertz CT molecular complexity index is 820. The highest BCUT2D eigenvalue weighted by molar-refractivity contribution is 7.99. The third kappa shape index (κ3) is 3.23. The molecule has 2 unspecified atom stereocenters. The van der Waals surface area contributed by atoms with E-state index >= 15 is 0 Å². The van der Waals surface area contributed by atoms with Crippen molar-refractivity contribution in [2.45, 2.75) is 50.9 Å². The summed E-state index contributed by atoms with van der Waals surface area (Å²) in [6.45, 7) is 9.37. The summed E-state index contributed by atoms with van der Waals surface area (Å²) in [5.41, 5.74) is 6.23. The number of nitrogens with zero attached hydrogens (tertiary/aromatic N) is 4. The Balaban J connectivity index is 1.77. The molecule has 2 aromatic heterocycles. The van der Waals surface area contributed by atoms with E-state index in [4.69, 9.17) is 19.9 Å². The van der Waals surface area contributed by atoms with Crippen LogP contribution in [0.5, 0.6) is 0 Å². The summed E-state index contributed by atoms with van der Waals surface area (Å²) in [4.78, 5) is 22.7. The van der Waals surface area contributed by atoms with Crippen molar-refractivity contribution in [2.24, 2.45) is 5.16 Å². The number of imidazole rings is 1. The van der Waals surface area contributed by atoms with Crippen molar-refractivity contribution in [3.05, 3.63) is 17.3 Å². The van der Waals surface area contributed by atoms with Gasteiger partial charge in [0.25, 0.3) is 0 Å². The van der Waals surface area contributed by atoms with Gasteiger partial charge in [-0.1, -0.05) is 25.9 Å². The largest absolute Gasteiger partial charge is 0.339 e. The molecule has 1 saturated heterocycles. The van der Waals surface area contributed by atoms with Crippen LogP contribution < -0.4 is 10.8 Å². The number of fused-ring (bicyclic) bond motifs is 1. The second kappa shape index (κ2) is 6.22. The van der Waals surface area contributed by atoms with Gasteiger partial charge in [0.05, 0.1) is 22.8 Å². The number of nitrogens with one attached hydrogen (secondary N) is 3. The number of rotatable bonds is 3. The van der Waals surface area contributed by atoms with Crippen LogP contribution >= 0.6 is 11.8 Å². The van der Waals surface area contributed by atoms with Crippen LogP contribution in [0.15, 0.2) is 5.16 Å². The molecule has 9 heteroatoms. The second-order valence-corrected chi connectivity index (χ2v) is 8.67. The van der Waals surface area contributed by atoms with E-state index in [9.17, 15) is 0 Å². The molecule has 0 aliphatic carbocycles. The Labute approximate surface area is 150 Å². The van der Waals surface area contributed by atoms with Gasteiger partial charge in [-0.25, -0.2) is 15.0 Å². The maximum atomic E-state index is 4.94. The summed E-state index contributed by atoms with van der Waals surface area (Å²) < 4.78 is 0. The summed E-state index contributed by atoms with van der Waals surface area (Å²) in [5.74, 6) is 2.73. The molecule has 4 rings (SSSR count). The van der Waals surface area contributed by atoms with E-state index in [0.717, 1.165) is 46.5 Å². The van der Waals surface area contributed by atoms with Gasteiger partial charge in [0.1, 0.15) is 17.2 Å². The van der Waals surface area contributed by atoms with Gasteiger partial charge in [0.15, 0.2) is 5.65 Å². The lowest BCUT2D eigenvalue weighted by atomic mass is 9.95. The van der Waals surface area contributed by atoms with Crippen LogP contribution in [0.4, 0.5) is 0 Å². The quantitative estimate of drug-likeness (QED) is 0.766. The molecule has 3 N–H and O–H groups in total. The minimum absolute atomic E-state index is 0.0796. The Morgan fingerprint density at radius 1 is 1.24 bits per heavy atom. The Kier molecular flexibility index (Phi) is 4.17. The van der Waals surface area contributed by atoms with Gasteiger partial charge in [-0.3, -0.25) is 10.3 Å². The molecule has 4 heterocycles. The first kappa shape index (κ1) is 16.7. The third-order valence-corrected chi connectivity index (χ3v) is 5.47. The van der Waals surface area contributed by atoms with Crippen LogP contribution in [0.1, 0.15) is 50.4 Å². The summed E-state index contributed by atoms with van der Waals surface area (Å²) in [7, 11) is 0. The molecule has 2 aromatic rings. The number of hydrogen-bond donors (Lipinski definition) is 3. The van der Waals surface area contributed by atoms with E-state index < -0.39 is 0 Å². The van der Waals surface area contributed by atoms with Crippen LogP contribution in [-0.4, -0.2) is 44.0 Å². The molecule has 2 aliphatic rings. The van der Waals surface area contributed by atoms with E-state index in [1.54, 1.807) is 0 Å². The summed E-state index contributed by atoms with van der Waals surface area (Å²) in [5, 5.41) is 7.71. The number of hydroxylamine groups is 1. The molecule has 0 bridgehead atoms. The number of aromatic nitrogens is 4. The number of aromatic amines is 1. The van der Waals surface area contributed by atoms with E-state index in [1.165, 1.54) is 0 Å². The average molecular weight is 361 g/mol. The normalized spacial score (nSPS) is 23.9. The average Bonchev–Trinajstić information content (AvgIpc) is 3.27. The molecule has 0 saturated carbocycles. The lowest BCUT2D eigenvalue weighted by Crippen LogP contribution is -2.27. The van der Waals surface area contributed by atoms with E-state index in [2.05, 4.69) is 41.7 Å². The predicted octanol–water partition coefficient (Wildman–Crippen LogP) is 1.81. The topological polar surface area (TPSA) is 100 Å². The Hall–Kier alpha value is -1.71. The van der Waals surface area contributed by atoms with Crippen LogP contribution in [0.25, 0.3) is 11.2 Å². The van der Waals surface area contributed by atoms with Gasteiger partial charge in [-0.05, 0) is 6.92 Å². The monoisotopic (exact) mass is 361 g/mol. The Morgan fingerprint density at radius 2 is 2.08 bits per heavy atom. The van der Waals surface area contributed by atoms with Crippen molar-refractivity contribution in [1.82, 2.24) is 30.7 Å². The Morgan fingerprint density at radius 3 is 2.72 bits per heavy atom. The lowest BCUT2D eigenvalue weighted by molar-refractivity contribution is 0.0629. The maximum absolute atomic E-state index is 4.94. The standard InChI is InChI=1S/C16H23N7OS/c1-8-9(23-24-22-8)7-10-18-11-12(14-17-5-6-25-14)20-15(16(2,3)4)21-13(11)19-10/h8,14,17,22H,5-7H2,1-4H3,(H,18,19,20,21). The number of thioether (sulfide) groups is 1. The van der Waals surface area contributed by atoms with Crippen molar-refractivity contribution < 1.29 is 4.94 Å². The van der Waals surface area contributed by atoms with Crippen LogP contribution in [0, 0.1) is 0 Å². The smallest absolute Gasteiger partial charge is 0.181 e. The van der Waals surface area contributed by atoms with Gasteiger partial charge < -0.3 is 4.98 Å². The first-order valence-electron chi connectivity index (χ1n) is 8.52. The highest BCUT2D eigenvalue weighted by atomic mass is 32.2. The predicted molar refractivity (Wildman–Crippen MR) is 98.4 cm³/mol. The fourth-order valence-electron chi connectivity index (χ4n) is 2.84. The minimum Gasteiger partial charge on any atom is -0.339 e. The molecular weight excluding hydrogens is 338 g/mol. The zero-order valence-electron chi connectivity index (χ0n) is 14.9. The molecule has 1 fully saturated rings. The molecule has 2 atom stereocenters. The first-order valence-corrected chi connectivity index (χ1v) is 9.57. The zero-order chi connectivity index (χ0) is 17.6. The van der Waals surface area contributed by atoms with Gasteiger partial charge in [-0.15, -0.1) is 17.2 Å². The fraction of sp³-hybridized carbons (Fsp3) is 0.625. The second-order valence-electron chi connectivity index (χ2n) is 7.46. The SMILES string of the molecule is CC1NON=C1Cc1nc2nc(C(C)(C)C)nc(C3NCCS3)c2[nH]1. The molecule has 0 spiro atoms. The van der Waals surface area contributed by atoms with Crippen molar-refractivity contribution in [3.63, 3.8) is 0 Å². The molecule has 8 nitrogen and oxygen atoms in total. The molecule has 0 aromatic carbocycles. The fourth-order valence-corrected chi connectivity index (χ4v) is 3.88. The van der Waals surface area contributed by atoms with E-state index in [0.29, 0.717) is 6.42 Å². The number of H-pyrrole nitrogens is 1. The molecule has 0 amide bonds. The van der Waals surface area contributed by atoms with E-state index in [1.807, 2.05) is 18.7 Å². The third-order valence-electron chi connectivity index (χ3n) is 4.30. The molecule has 25 heavy (non-hydrogen) atoms. The highest BCUT2D eigenvalue weighted by Gasteiger charge is 2.28. The lowest BCUT2D eigenvalue weighted by Gasteiger charge is -2.19. The highest BCUT2D eigenvalue weighted by Crippen LogP contribution is 2.33. The van der Waals surface area contributed by atoms with Crippen molar-refractivity contribution in [3.8, 4) is 0 Å². The van der Waals surface area contributed by atoms with Crippen LogP contribution in [-0.2, 0) is 16.8 Å². The number of hydrogen-bond acceptors (Lipinski definition) is 8. The summed E-state index contributed by atoms with van der Waals surface area (Å²) in [6, 6.07) is 0.0796. The van der Waals surface area contributed by atoms with Gasteiger partial charge in [0, 0.05) is 24.1 Å². The van der Waals surface area contributed by atoms with Crippen molar-refractivity contribution in [1.29, 1.82) is 0 Å². The summed E-state index contributed by atoms with van der Waals surface area (Å²) in [6.07, 6.45) is 0.597. The van der Waals surface area contributed by atoms with Gasteiger partial charge >= 0.3 is 0 Å². The molecule has 2 aliphatic heterocycles. The van der Waals surface area contributed by atoms with Gasteiger partial charge in [0.2, 0.25) is 0 Å². The minimum atomic E-state index is -0.132. The maximum Gasteiger partial charge on any atom is 0.181 e. The van der Waals surface area contributed by atoms with E-state index in [-0.39, 0.29) is 16.8 Å².